The van der Waals surface area contributed by atoms with Gasteiger partial charge in [0.1, 0.15) is 5.82 Å². The average molecular weight is 383 g/mol. The molecule has 0 saturated carbocycles. The number of rotatable bonds is 3. The van der Waals surface area contributed by atoms with E-state index in [0.717, 1.165) is 11.1 Å². The molecule has 27 heavy (non-hydrogen) atoms. The lowest BCUT2D eigenvalue weighted by atomic mass is 10.0. The van der Waals surface area contributed by atoms with Gasteiger partial charge in [-0.3, -0.25) is 0 Å². The second-order valence-electron chi connectivity index (χ2n) is 6.46. The Morgan fingerprint density at radius 1 is 1.00 bits per heavy atom. The van der Waals surface area contributed by atoms with E-state index in [9.17, 15) is 9.18 Å². The smallest absolute Gasteiger partial charge is 0.244 e. The van der Waals surface area contributed by atoms with Crippen LogP contribution in [0.15, 0.2) is 53.3 Å². The summed E-state index contributed by atoms with van der Waals surface area (Å²) in [5.74, 6) is -0.425. The van der Waals surface area contributed by atoms with E-state index in [2.05, 4.69) is 10.2 Å². The van der Waals surface area contributed by atoms with Gasteiger partial charge in [0.15, 0.2) is 5.65 Å². The van der Waals surface area contributed by atoms with Gasteiger partial charge in [0.2, 0.25) is 0 Å². The highest BCUT2D eigenvalue weighted by Crippen LogP contribution is 2.21. The van der Waals surface area contributed by atoms with Crippen LogP contribution in [0.4, 0.5) is 4.39 Å². The van der Waals surface area contributed by atoms with Crippen LogP contribution < -0.4 is 5.69 Å². The summed E-state index contributed by atoms with van der Waals surface area (Å²) in [4.78, 5) is 12.7. The van der Waals surface area contributed by atoms with Crippen molar-refractivity contribution in [3.63, 3.8) is 0 Å². The van der Waals surface area contributed by atoms with E-state index in [1.807, 2.05) is 38.1 Å². The van der Waals surface area contributed by atoms with Crippen molar-refractivity contribution in [2.24, 2.45) is 0 Å². The molecule has 7 heteroatoms. The number of fused-ring (bicyclic) bond motifs is 1. The predicted molar refractivity (Wildman–Crippen MR) is 103 cm³/mol. The molecule has 0 spiro atoms. The first-order chi connectivity index (χ1) is 12.9. The molecule has 136 valence electrons. The Hall–Kier alpha value is -2.99. The van der Waals surface area contributed by atoms with Gasteiger partial charge in [0, 0.05) is 10.6 Å². The molecule has 0 unspecified atom stereocenters. The van der Waals surface area contributed by atoms with Gasteiger partial charge in [-0.05, 0) is 60.9 Å². The zero-order chi connectivity index (χ0) is 19.1. The fourth-order valence-corrected chi connectivity index (χ4v) is 3.10. The van der Waals surface area contributed by atoms with Crippen LogP contribution in [0.5, 0.6) is 0 Å². The maximum Gasteiger partial charge on any atom is 0.367 e. The maximum absolute atomic E-state index is 13.2. The second-order valence-corrected chi connectivity index (χ2v) is 6.87. The van der Waals surface area contributed by atoms with Gasteiger partial charge in [0.25, 0.3) is 0 Å². The Morgan fingerprint density at radius 3 is 2.56 bits per heavy atom. The Balaban J connectivity index is 1.76. The van der Waals surface area contributed by atoms with Crippen LogP contribution in [0, 0.1) is 19.7 Å². The van der Waals surface area contributed by atoms with Crippen LogP contribution in [0.3, 0.4) is 0 Å². The summed E-state index contributed by atoms with van der Waals surface area (Å²) in [7, 11) is 0. The molecule has 0 amide bonds. The lowest BCUT2D eigenvalue weighted by Gasteiger charge is -2.04. The summed E-state index contributed by atoms with van der Waals surface area (Å²) >= 11 is 6.06. The van der Waals surface area contributed by atoms with Crippen LogP contribution in [-0.2, 0) is 6.54 Å². The SMILES string of the molecule is Cc1ccc(-c2ccc3nn(Cc4ccc(F)cc4Cl)c(=O)n3n2)cc1C. The number of aryl methyl sites for hydroxylation is 2. The number of hydrogen-bond donors (Lipinski definition) is 0. The van der Waals surface area contributed by atoms with Crippen molar-refractivity contribution in [3.05, 3.63) is 86.5 Å². The summed E-state index contributed by atoms with van der Waals surface area (Å²) in [6, 6.07) is 13.7. The molecule has 0 aliphatic rings. The van der Waals surface area contributed by atoms with Crippen molar-refractivity contribution in [2.45, 2.75) is 20.4 Å². The molecule has 0 saturated heterocycles. The Morgan fingerprint density at radius 2 is 1.81 bits per heavy atom. The fourth-order valence-electron chi connectivity index (χ4n) is 2.88. The molecule has 0 atom stereocenters. The van der Waals surface area contributed by atoms with Crippen LogP contribution in [0.25, 0.3) is 16.9 Å². The molecule has 2 aromatic carbocycles. The van der Waals surface area contributed by atoms with E-state index < -0.39 is 5.82 Å². The van der Waals surface area contributed by atoms with E-state index in [1.54, 1.807) is 12.1 Å². The minimum Gasteiger partial charge on any atom is -0.244 e. The highest BCUT2D eigenvalue weighted by atomic mass is 35.5. The molecular weight excluding hydrogens is 367 g/mol. The van der Waals surface area contributed by atoms with E-state index in [0.29, 0.717) is 16.9 Å². The van der Waals surface area contributed by atoms with Crippen molar-refractivity contribution >= 4 is 17.2 Å². The maximum atomic E-state index is 13.2. The van der Waals surface area contributed by atoms with Gasteiger partial charge in [0.05, 0.1) is 12.2 Å². The average Bonchev–Trinajstić information content (AvgIpc) is 2.95. The first-order valence-corrected chi connectivity index (χ1v) is 8.78. The third-order valence-electron chi connectivity index (χ3n) is 4.58. The third-order valence-corrected chi connectivity index (χ3v) is 4.93. The van der Waals surface area contributed by atoms with Gasteiger partial charge in [-0.2, -0.15) is 9.61 Å². The summed E-state index contributed by atoms with van der Waals surface area (Å²) < 4.78 is 15.7. The van der Waals surface area contributed by atoms with Crippen LogP contribution in [0.2, 0.25) is 5.02 Å². The first-order valence-electron chi connectivity index (χ1n) is 8.41. The van der Waals surface area contributed by atoms with Gasteiger partial charge in [-0.15, -0.1) is 5.10 Å². The van der Waals surface area contributed by atoms with Gasteiger partial charge < -0.3 is 0 Å². The number of aromatic nitrogens is 4. The zero-order valence-corrected chi connectivity index (χ0v) is 15.5. The second kappa shape index (κ2) is 6.63. The molecule has 0 radical (unpaired) electrons. The number of nitrogens with zero attached hydrogens (tertiary/aromatic N) is 4. The molecule has 2 aromatic heterocycles. The third kappa shape index (κ3) is 3.24. The summed E-state index contributed by atoms with van der Waals surface area (Å²) in [6.07, 6.45) is 0. The zero-order valence-electron chi connectivity index (χ0n) is 14.8. The Kier molecular flexibility index (Phi) is 4.28. The largest absolute Gasteiger partial charge is 0.367 e. The quantitative estimate of drug-likeness (QED) is 0.538. The molecule has 0 bridgehead atoms. The molecule has 4 aromatic rings. The minimum atomic E-state index is -0.425. The van der Waals surface area contributed by atoms with Crippen molar-refractivity contribution < 1.29 is 4.39 Å². The molecule has 0 aliphatic heterocycles. The molecular formula is C20H16ClFN4O. The lowest BCUT2D eigenvalue weighted by molar-refractivity contribution is 0.621. The van der Waals surface area contributed by atoms with Crippen LogP contribution >= 0.6 is 11.6 Å². The minimum absolute atomic E-state index is 0.139. The van der Waals surface area contributed by atoms with Crippen LogP contribution in [-0.4, -0.2) is 19.4 Å². The summed E-state index contributed by atoms with van der Waals surface area (Å²) in [5.41, 5.74) is 4.64. The van der Waals surface area contributed by atoms with Crippen LogP contribution in [0.1, 0.15) is 16.7 Å². The number of hydrogen-bond acceptors (Lipinski definition) is 3. The van der Waals surface area contributed by atoms with E-state index in [4.69, 9.17) is 11.6 Å². The van der Waals surface area contributed by atoms with Crippen molar-refractivity contribution in [1.82, 2.24) is 19.4 Å². The van der Waals surface area contributed by atoms with Gasteiger partial charge in [-0.25, -0.2) is 13.9 Å². The molecule has 2 heterocycles. The van der Waals surface area contributed by atoms with Crippen molar-refractivity contribution in [1.29, 1.82) is 0 Å². The Bertz CT molecular complexity index is 1230. The van der Waals surface area contributed by atoms with Gasteiger partial charge in [-0.1, -0.05) is 29.8 Å². The van der Waals surface area contributed by atoms with Crippen molar-refractivity contribution in [3.8, 4) is 11.3 Å². The summed E-state index contributed by atoms with van der Waals surface area (Å²) in [5, 5.41) is 8.98. The summed E-state index contributed by atoms with van der Waals surface area (Å²) in [6.45, 7) is 4.22. The molecule has 0 fully saturated rings. The standard InChI is InChI=1S/C20H16ClFN4O/c1-12-3-4-14(9-13(12)2)18-7-8-19-24-25(20(27)26(19)23-18)11-15-5-6-16(22)10-17(15)21/h3-10H,11H2,1-2H3. The highest BCUT2D eigenvalue weighted by molar-refractivity contribution is 6.31. The van der Waals surface area contributed by atoms with Crippen molar-refractivity contribution in [2.75, 3.05) is 0 Å². The van der Waals surface area contributed by atoms with E-state index >= 15 is 0 Å². The number of benzene rings is 2. The molecule has 5 nitrogen and oxygen atoms in total. The first kappa shape index (κ1) is 17.4. The van der Waals surface area contributed by atoms with E-state index in [-0.39, 0.29) is 17.3 Å². The fraction of sp³-hybridized carbons (Fsp3) is 0.150. The molecule has 0 N–H and O–H groups in total. The van der Waals surface area contributed by atoms with Gasteiger partial charge >= 0.3 is 5.69 Å². The lowest BCUT2D eigenvalue weighted by Crippen LogP contribution is -2.23. The molecule has 4 rings (SSSR count). The Labute approximate surface area is 159 Å². The number of halogens is 2. The van der Waals surface area contributed by atoms with E-state index in [1.165, 1.54) is 26.9 Å². The predicted octanol–water partition coefficient (Wildman–Crippen LogP) is 4.02. The topological polar surface area (TPSA) is 52.2 Å². The monoisotopic (exact) mass is 382 g/mol. The normalized spacial score (nSPS) is 11.3. The highest BCUT2D eigenvalue weighted by Gasteiger charge is 2.12. The molecule has 0 aliphatic carbocycles.